The van der Waals surface area contributed by atoms with Gasteiger partial charge < -0.3 is 11.1 Å². The van der Waals surface area contributed by atoms with Crippen LogP contribution in [-0.2, 0) is 0 Å². The first-order valence-corrected chi connectivity index (χ1v) is 6.51. The van der Waals surface area contributed by atoms with Crippen molar-refractivity contribution in [1.82, 2.24) is 4.90 Å². The van der Waals surface area contributed by atoms with Gasteiger partial charge in [-0.15, -0.1) is 0 Å². The Balaban J connectivity index is 1.86. The normalized spacial score (nSPS) is 18.2. The zero-order valence-electron chi connectivity index (χ0n) is 10.9. The SMILES string of the molecule is Cc1ccc(NCC(C)N2CCCC2)cc1N. The molecular weight excluding hydrogens is 210 g/mol. The summed E-state index contributed by atoms with van der Waals surface area (Å²) in [6, 6.07) is 6.78. The maximum atomic E-state index is 5.90. The topological polar surface area (TPSA) is 41.3 Å². The van der Waals surface area contributed by atoms with Crippen LogP contribution in [0.1, 0.15) is 25.3 Å². The van der Waals surface area contributed by atoms with Gasteiger partial charge in [-0.25, -0.2) is 0 Å². The van der Waals surface area contributed by atoms with Crippen molar-refractivity contribution in [2.75, 3.05) is 30.7 Å². The van der Waals surface area contributed by atoms with E-state index in [1.54, 1.807) is 0 Å². The lowest BCUT2D eigenvalue weighted by Gasteiger charge is -2.24. The molecular formula is C14H23N3. The number of hydrogen-bond donors (Lipinski definition) is 2. The molecule has 1 unspecified atom stereocenters. The number of likely N-dealkylation sites (tertiary alicyclic amines) is 1. The second-order valence-corrected chi connectivity index (χ2v) is 5.04. The molecule has 3 nitrogen and oxygen atoms in total. The highest BCUT2D eigenvalue weighted by molar-refractivity contribution is 5.58. The zero-order valence-corrected chi connectivity index (χ0v) is 10.9. The third-order valence-corrected chi connectivity index (χ3v) is 3.64. The van der Waals surface area contributed by atoms with E-state index in [-0.39, 0.29) is 0 Å². The van der Waals surface area contributed by atoms with Gasteiger partial charge in [0.2, 0.25) is 0 Å². The quantitative estimate of drug-likeness (QED) is 0.785. The van der Waals surface area contributed by atoms with Crippen molar-refractivity contribution >= 4 is 11.4 Å². The summed E-state index contributed by atoms with van der Waals surface area (Å²) in [5.41, 5.74) is 9.03. The van der Waals surface area contributed by atoms with Gasteiger partial charge in [0.1, 0.15) is 0 Å². The molecule has 0 spiro atoms. The van der Waals surface area contributed by atoms with Crippen molar-refractivity contribution in [3.63, 3.8) is 0 Å². The molecule has 3 heteroatoms. The summed E-state index contributed by atoms with van der Waals surface area (Å²) in [5, 5.41) is 3.47. The van der Waals surface area contributed by atoms with Crippen molar-refractivity contribution in [1.29, 1.82) is 0 Å². The van der Waals surface area contributed by atoms with Gasteiger partial charge in [-0.05, 0) is 57.5 Å². The molecule has 1 heterocycles. The van der Waals surface area contributed by atoms with Crippen molar-refractivity contribution in [2.24, 2.45) is 0 Å². The van der Waals surface area contributed by atoms with Crippen LogP contribution < -0.4 is 11.1 Å². The maximum Gasteiger partial charge on any atom is 0.0364 e. The van der Waals surface area contributed by atoms with Crippen molar-refractivity contribution < 1.29 is 0 Å². The third-order valence-electron chi connectivity index (χ3n) is 3.64. The fourth-order valence-corrected chi connectivity index (χ4v) is 2.33. The Kier molecular flexibility index (Phi) is 3.89. The molecule has 1 atom stereocenters. The number of hydrogen-bond acceptors (Lipinski definition) is 3. The molecule has 3 N–H and O–H groups in total. The van der Waals surface area contributed by atoms with E-state index in [0.29, 0.717) is 6.04 Å². The minimum absolute atomic E-state index is 0.597. The molecule has 0 aliphatic carbocycles. The van der Waals surface area contributed by atoms with E-state index in [1.807, 2.05) is 13.0 Å². The highest BCUT2D eigenvalue weighted by Gasteiger charge is 2.17. The molecule has 17 heavy (non-hydrogen) atoms. The Bertz CT molecular complexity index is 370. The van der Waals surface area contributed by atoms with Crippen LogP contribution in [0, 0.1) is 6.92 Å². The Morgan fingerprint density at radius 3 is 2.71 bits per heavy atom. The van der Waals surface area contributed by atoms with Gasteiger partial charge in [0.05, 0.1) is 0 Å². The summed E-state index contributed by atoms with van der Waals surface area (Å²) in [6.07, 6.45) is 2.70. The fourth-order valence-electron chi connectivity index (χ4n) is 2.33. The molecule has 94 valence electrons. The van der Waals surface area contributed by atoms with Crippen molar-refractivity contribution in [3.05, 3.63) is 23.8 Å². The summed E-state index contributed by atoms with van der Waals surface area (Å²) in [6.45, 7) is 7.81. The molecule has 0 saturated carbocycles. The molecule has 1 aliphatic heterocycles. The Hall–Kier alpha value is -1.22. The lowest BCUT2D eigenvalue weighted by molar-refractivity contribution is 0.269. The minimum atomic E-state index is 0.597. The van der Waals surface area contributed by atoms with Crippen LogP contribution in [0.3, 0.4) is 0 Å². The second kappa shape index (κ2) is 5.41. The average molecular weight is 233 g/mol. The average Bonchev–Trinajstić information content (AvgIpc) is 2.84. The van der Waals surface area contributed by atoms with Crippen LogP contribution >= 0.6 is 0 Å². The van der Waals surface area contributed by atoms with E-state index in [1.165, 1.54) is 25.9 Å². The smallest absolute Gasteiger partial charge is 0.0364 e. The van der Waals surface area contributed by atoms with Crippen LogP contribution in [0.5, 0.6) is 0 Å². The number of benzene rings is 1. The molecule has 0 amide bonds. The number of rotatable bonds is 4. The Morgan fingerprint density at radius 2 is 2.06 bits per heavy atom. The molecule has 2 rings (SSSR count). The molecule has 1 aromatic carbocycles. The Morgan fingerprint density at radius 1 is 1.35 bits per heavy atom. The number of nitrogens with one attached hydrogen (secondary N) is 1. The fraction of sp³-hybridized carbons (Fsp3) is 0.571. The largest absolute Gasteiger partial charge is 0.398 e. The van der Waals surface area contributed by atoms with Crippen LogP contribution in [0.4, 0.5) is 11.4 Å². The first-order chi connectivity index (χ1) is 8.16. The molecule has 1 fully saturated rings. The highest BCUT2D eigenvalue weighted by Crippen LogP contribution is 2.17. The third kappa shape index (κ3) is 3.13. The van der Waals surface area contributed by atoms with Crippen LogP contribution in [-0.4, -0.2) is 30.6 Å². The van der Waals surface area contributed by atoms with E-state index in [2.05, 4.69) is 29.3 Å². The minimum Gasteiger partial charge on any atom is -0.398 e. The standard InChI is InChI=1S/C14H23N3/c1-11-5-6-13(9-14(11)15)16-10-12(2)17-7-3-4-8-17/h5-6,9,12,16H,3-4,7-8,10,15H2,1-2H3. The lowest BCUT2D eigenvalue weighted by atomic mass is 10.2. The summed E-state index contributed by atoms with van der Waals surface area (Å²) < 4.78 is 0. The van der Waals surface area contributed by atoms with Gasteiger partial charge in [-0.3, -0.25) is 4.90 Å². The van der Waals surface area contributed by atoms with Gasteiger partial charge >= 0.3 is 0 Å². The highest BCUT2D eigenvalue weighted by atomic mass is 15.2. The number of anilines is 2. The predicted molar refractivity (Wildman–Crippen MR) is 74.4 cm³/mol. The van der Waals surface area contributed by atoms with E-state index in [9.17, 15) is 0 Å². The number of aryl methyl sites for hydroxylation is 1. The van der Waals surface area contributed by atoms with Gasteiger partial charge in [-0.2, -0.15) is 0 Å². The Labute approximate surface area is 104 Å². The van der Waals surface area contributed by atoms with Gasteiger partial charge in [-0.1, -0.05) is 6.07 Å². The molecule has 1 saturated heterocycles. The predicted octanol–water partition coefficient (Wildman–Crippen LogP) is 2.47. The maximum absolute atomic E-state index is 5.90. The second-order valence-electron chi connectivity index (χ2n) is 5.04. The van der Waals surface area contributed by atoms with E-state index >= 15 is 0 Å². The molecule has 0 radical (unpaired) electrons. The number of nitrogen functional groups attached to an aromatic ring is 1. The molecule has 1 aliphatic rings. The van der Waals surface area contributed by atoms with Crippen molar-refractivity contribution in [3.8, 4) is 0 Å². The van der Waals surface area contributed by atoms with Crippen molar-refractivity contribution in [2.45, 2.75) is 32.7 Å². The molecule has 1 aromatic rings. The zero-order chi connectivity index (χ0) is 12.3. The van der Waals surface area contributed by atoms with E-state index in [0.717, 1.165) is 23.5 Å². The summed E-state index contributed by atoms with van der Waals surface area (Å²) in [4.78, 5) is 2.55. The lowest BCUT2D eigenvalue weighted by Crippen LogP contribution is -2.35. The molecule has 0 bridgehead atoms. The summed E-state index contributed by atoms with van der Waals surface area (Å²) in [5.74, 6) is 0. The van der Waals surface area contributed by atoms with E-state index < -0.39 is 0 Å². The van der Waals surface area contributed by atoms with Crippen LogP contribution in [0.2, 0.25) is 0 Å². The number of nitrogens with zero attached hydrogens (tertiary/aromatic N) is 1. The monoisotopic (exact) mass is 233 g/mol. The number of nitrogens with two attached hydrogens (primary N) is 1. The van der Waals surface area contributed by atoms with Gasteiger partial charge in [0, 0.05) is 24.0 Å². The van der Waals surface area contributed by atoms with Gasteiger partial charge in [0.15, 0.2) is 0 Å². The summed E-state index contributed by atoms with van der Waals surface area (Å²) >= 11 is 0. The van der Waals surface area contributed by atoms with Crippen LogP contribution in [0.25, 0.3) is 0 Å². The summed E-state index contributed by atoms with van der Waals surface area (Å²) in [7, 11) is 0. The van der Waals surface area contributed by atoms with Crippen LogP contribution in [0.15, 0.2) is 18.2 Å². The molecule has 0 aromatic heterocycles. The first-order valence-electron chi connectivity index (χ1n) is 6.51. The van der Waals surface area contributed by atoms with E-state index in [4.69, 9.17) is 5.73 Å². The first kappa shape index (κ1) is 12.2. The van der Waals surface area contributed by atoms with Gasteiger partial charge in [0.25, 0.3) is 0 Å².